The minimum Gasteiger partial charge on any atom is -0.364 e. The summed E-state index contributed by atoms with van der Waals surface area (Å²) in [5, 5.41) is 3.78. The van der Waals surface area contributed by atoms with Gasteiger partial charge in [0.25, 0.3) is 0 Å². The normalized spacial score (nSPS) is 9.82. The van der Waals surface area contributed by atoms with Crippen LogP contribution in [0, 0.1) is 6.07 Å². The predicted octanol–water partition coefficient (Wildman–Crippen LogP) is 2.14. The number of nitrogens with zero attached hydrogens (tertiary/aromatic N) is 1. The molecule has 2 aromatic rings. The van der Waals surface area contributed by atoms with Crippen LogP contribution in [0.25, 0.3) is 11.3 Å². The second-order valence-electron chi connectivity index (χ2n) is 2.16. The minimum atomic E-state index is 0.825. The number of benzene rings is 1. The van der Waals surface area contributed by atoms with Crippen molar-refractivity contribution < 1.29 is 4.52 Å². The van der Waals surface area contributed by atoms with Gasteiger partial charge < -0.3 is 4.52 Å². The molecule has 0 bridgehead atoms. The van der Waals surface area contributed by atoms with Gasteiger partial charge >= 0.3 is 0 Å². The Hall–Kier alpha value is -1.57. The Balaban J connectivity index is 2.46. The van der Waals surface area contributed by atoms with Gasteiger partial charge in [-0.1, -0.05) is 29.4 Å². The first kappa shape index (κ1) is 6.16. The first-order valence-electron chi connectivity index (χ1n) is 3.34. The standard InChI is InChI=1S/C9H6NO/c1-2-4-8(5-3-1)9-6-7-11-10-9/h1-4,6-7H. The Kier molecular flexibility index (Phi) is 1.44. The first-order chi connectivity index (χ1) is 5.47. The maximum Gasteiger partial charge on any atom is 0.124 e. The van der Waals surface area contributed by atoms with E-state index < -0.39 is 0 Å². The maximum absolute atomic E-state index is 4.70. The molecule has 11 heavy (non-hydrogen) atoms. The van der Waals surface area contributed by atoms with Crippen LogP contribution in [-0.2, 0) is 0 Å². The lowest BCUT2D eigenvalue weighted by Gasteiger charge is -1.90. The van der Waals surface area contributed by atoms with E-state index in [2.05, 4.69) is 11.2 Å². The van der Waals surface area contributed by atoms with Gasteiger partial charge in [0.1, 0.15) is 12.0 Å². The highest BCUT2D eigenvalue weighted by Gasteiger charge is 1.97. The summed E-state index contributed by atoms with van der Waals surface area (Å²) in [6.45, 7) is 0. The number of aromatic nitrogens is 1. The lowest BCUT2D eigenvalue weighted by molar-refractivity contribution is 0.422. The fourth-order valence-corrected chi connectivity index (χ4v) is 0.904. The highest BCUT2D eigenvalue weighted by atomic mass is 16.5. The molecule has 0 aliphatic carbocycles. The van der Waals surface area contributed by atoms with Crippen molar-refractivity contribution in [2.75, 3.05) is 0 Å². The van der Waals surface area contributed by atoms with Crippen LogP contribution in [0.2, 0.25) is 0 Å². The molecule has 0 saturated heterocycles. The van der Waals surface area contributed by atoms with Crippen LogP contribution >= 0.6 is 0 Å². The van der Waals surface area contributed by atoms with E-state index in [4.69, 9.17) is 4.52 Å². The fourth-order valence-electron chi connectivity index (χ4n) is 0.904. The third-order valence-electron chi connectivity index (χ3n) is 1.42. The van der Waals surface area contributed by atoms with Crippen LogP contribution in [0.4, 0.5) is 0 Å². The molecular formula is C9H6NO. The first-order valence-corrected chi connectivity index (χ1v) is 3.34. The average molecular weight is 144 g/mol. The zero-order valence-corrected chi connectivity index (χ0v) is 5.82. The molecule has 1 radical (unpaired) electrons. The second kappa shape index (κ2) is 2.58. The van der Waals surface area contributed by atoms with E-state index in [9.17, 15) is 0 Å². The van der Waals surface area contributed by atoms with Gasteiger partial charge in [-0.3, -0.25) is 0 Å². The van der Waals surface area contributed by atoms with Gasteiger partial charge in [-0.2, -0.15) is 0 Å². The van der Waals surface area contributed by atoms with Crippen molar-refractivity contribution in [3.05, 3.63) is 42.7 Å². The Bertz CT molecular complexity index is 313. The summed E-state index contributed by atoms with van der Waals surface area (Å²) in [5.41, 5.74) is 1.78. The van der Waals surface area contributed by atoms with Crippen molar-refractivity contribution in [1.82, 2.24) is 5.16 Å². The van der Waals surface area contributed by atoms with Crippen LogP contribution in [0.3, 0.4) is 0 Å². The van der Waals surface area contributed by atoms with E-state index in [1.807, 2.05) is 30.3 Å². The summed E-state index contributed by atoms with van der Waals surface area (Å²) in [7, 11) is 0. The largest absolute Gasteiger partial charge is 0.364 e. The van der Waals surface area contributed by atoms with Crippen LogP contribution in [0.1, 0.15) is 0 Å². The molecule has 0 aliphatic heterocycles. The molecule has 0 saturated carbocycles. The van der Waals surface area contributed by atoms with Crippen molar-refractivity contribution in [2.45, 2.75) is 0 Å². The average Bonchev–Trinajstić information content (AvgIpc) is 2.58. The summed E-state index contributed by atoms with van der Waals surface area (Å²) in [6, 6.07) is 12.5. The van der Waals surface area contributed by atoms with Gasteiger partial charge in [-0.15, -0.1) is 0 Å². The lowest BCUT2D eigenvalue weighted by atomic mass is 10.2. The SMILES string of the molecule is [c]1ccccc1-c1ccon1. The van der Waals surface area contributed by atoms with Gasteiger partial charge in [0, 0.05) is 11.6 Å². The fraction of sp³-hybridized carbons (Fsp3) is 0. The van der Waals surface area contributed by atoms with E-state index >= 15 is 0 Å². The van der Waals surface area contributed by atoms with Crippen molar-refractivity contribution in [2.24, 2.45) is 0 Å². The Labute approximate surface area is 64.5 Å². The predicted molar refractivity (Wildman–Crippen MR) is 40.8 cm³/mol. The lowest BCUT2D eigenvalue weighted by Crippen LogP contribution is -1.74. The van der Waals surface area contributed by atoms with E-state index in [1.165, 1.54) is 0 Å². The zero-order valence-electron chi connectivity index (χ0n) is 5.82. The second-order valence-corrected chi connectivity index (χ2v) is 2.16. The smallest absolute Gasteiger partial charge is 0.124 e. The van der Waals surface area contributed by atoms with Crippen LogP contribution in [0.15, 0.2) is 41.1 Å². The quantitative estimate of drug-likeness (QED) is 0.612. The van der Waals surface area contributed by atoms with Crippen molar-refractivity contribution in [3.8, 4) is 11.3 Å². The van der Waals surface area contributed by atoms with Gasteiger partial charge in [-0.05, 0) is 6.07 Å². The third-order valence-corrected chi connectivity index (χ3v) is 1.42. The van der Waals surface area contributed by atoms with Crippen LogP contribution in [0.5, 0.6) is 0 Å². The summed E-state index contributed by atoms with van der Waals surface area (Å²) in [5.74, 6) is 0. The minimum absolute atomic E-state index is 0.825. The number of hydrogen-bond acceptors (Lipinski definition) is 2. The molecule has 53 valence electrons. The van der Waals surface area contributed by atoms with Crippen molar-refractivity contribution in [1.29, 1.82) is 0 Å². The van der Waals surface area contributed by atoms with E-state index in [0.29, 0.717) is 0 Å². The Morgan fingerprint density at radius 2 is 2.27 bits per heavy atom. The molecule has 2 rings (SSSR count). The molecule has 1 heterocycles. The molecular weight excluding hydrogens is 138 g/mol. The molecule has 1 aromatic heterocycles. The monoisotopic (exact) mass is 144 g/mol. The maximum atomic E-state index is 4.70. The van der Waals surface area contributed by atoms with Crippen LogP contribution < -0.4 is 0 Å². The van der Waals surface area contributed by atoms with E-state index in [0.717, 1.165) is 11.3 Å². The van der Waals surface area contributed by atoms with Gasteiger partial charge in [0.2, 0.25) is 0 Å². The molecule has 0 atom stereocenters. The van der Waals surface area contributed by atoms with Crippen molar-refractivity contribution in [3.63, 3.8) is 0 Å². The van der Waals surface area contributed by atoms with Gasteiger partial charge in [-0.25, -0.2) is 0 Å². The van der Waals surface area contributed by atoms with Crippen LogP contribution in [-0.4, -0.2) is 5.16 Å². The molecule has 0 N–H and O–H groups in total. The molecule has 0 fully saturated rings. The Morgan fingerprint density at radius 1 is 1.27 bits per heavy atom. The van der Waals surface area contributed by atoms with E-state index in [1.54, 1.807) is 6.26 Å². The molecule has 1 aromatic carbocycles. The van der Waals surface area contributed by atoms with Gasteiger partial charge in [0.15, 0.2) is 0 Å². The highest BCUT2D eigenvalue weighted by Crippen LogP contribution is 2.14. The van der Waals surface area contributed by atoms with E-state index in [-0.39, 0.29) is 0 Å². The third kappa shape index (κ3) is 1.15. The number of hydrogen-bond donors (Lipinski definition) is 0. The number of rotatable bonds is 1. The summed E-state index contributed by atoms with van der Waals surface area (Å²) in [6.07, 6.45) is 1.55. The summed E-state index contributed by atoms with van der Waals surface area (Å²) >= 11 is 0. The molecule has 0 aliphatic rings. The summed E-state index contributed by atoms with van der Waals surface area (Å²) in [4.78, 5) is 0. The van der Waals surface area contributed by atoms with Gasteiger partial charge in [0.05, 0.1) is 0 Å². The summed E-state index contributed by atoms with van der Waals surface area (Å²) < 4.78 is 4.70. The highest BCUT2D eigenvalue weighted by molar-refractivity contribution is 5.56. The molecule has 0 unspecified atom stereocenters. The molecule has 0 amide bonds. The molecule has 0 spiro atoms. The zero-order chi connectivity index (χ0) is 7.52. The molecule has 2 nitrogen and oxygen atoms in total. The Morgan fingerprint density at radius 3 is 2.91 bits per heavy atom. The topological polar surface area (TPSA) is 26.0 Å². The molecule has 2 heteroatoms. The van der Waals surface area contributed by atoms with Crippen molar-refractivity contribution >= 4 is 0 Å².